The van der Waals surface area contributed by atoms with Crippen molar-refractivity contribution in [1.29, 1.82) is 0 Å². The maximum Gasteiger partial charge on any atom is 0.242 e. The number of nitrogens with one attached hydrogen (secondary N) is 2. The number of hydrogen-bond acceptors (Lipinski definition) is 3. The quantitative estimate of drug-likeness (QED) is 0.892. The molecule has 2 N–H and O–H groups in total. The van der Waals surface area contributed by atoms with Crippen LogP contribution in [-0.2, 0) is 11.3 Å². The molecule has 21 heavy (non-hydrogen) atoms. The summed E-state index contributed by atoms with van der Waals surface area (Å²) in [6, 6.07) is 8.54. The minimum absolute atomic E-state index is 0.104. The molecule has 2 atom stereocenters. The van der Waals surface area contributed by atoms with Crippen molar-refractivity contribution in [1.82, 2.24) is 10.6 Å². The van der Waals surface area contributed by atoms with Gasteiger partial charge in [-0.1, -0.05) is 32.0 Å². The fourth-order valence-electron chi connectivity index (χ4n) is 2.64. The predicted octanol–water partition coefficient (Wildman–Crippen LogP) is 2.15. The molecule has 2 rings (SSSR count). The lowest BCUT2D eigenvalue weighted by atomic mass is 10.1. The van der Waals surface area contributed by atoms with Gasteiger partial charge in [-0.05, 0) is 31.4 Å². The first-order valence-corrected chi connectivity index (χ1v) is 7.84. The van der Waals surface area contributed by atoms with Crippen molar-refractivity contribution in [3.05, 3.63) is 29.8 Å². The lowest BCUT2D eigenvalue weighted by Gasteiger charge is -2.32. The largest absolute Gasteiger partial charge is 0.358 e. The second-order valence-electron chi connectivity index (χ2n) is 6.38. The van der Waals surface area contributed by atoms with Gasteiger partial charge in [0, 0.05) is 31.4 Å². The van der Waals surface area contributed by atoms with E-state index in [1.807, 2.05) is 13.0 Å². The normalized spacial score (nSPS) is 19.9. The second kappa shape index (κ2) is 6.94. The summed E-state index contributed by atoms with van der Waals surface area (Å²) >= 11 is 0. The lowest BCUT2D eigenvalue weighted by Crippen LogP contribution is -2.49. The number of carbonyl (C=O) groups excluding carboxylic acids is 1. The molecule has 0 spiro atoms. The van der Waals surface area contributed by atoms with Crippen LogP contribution in [0.15, 0.2) is 24.3 Å². The molecule has 1 aliphatic heterocycles. The van der Waals surface area contributed by atoms with Gasteiger partial charge in [0.2, 0.25) is 5.91 Å². The molecule has 4 nitrogen and oxygen atoms in total. The molecule has 0 bridgehead atoms. The molecule has 1 amide bonds. The van der Waals surface area contributed by atoms with E-state index in [-0.39, 0.29) is 11.9 Å². The summed E-state index contributed by atoms with van der Waals surface area (Å²) < 4.78 is 0. The number of benzene rings is 1. The Labute approximate surface area is 127 Å². The fraction of sp³-hybridized carbons (Fsp3) is 0.588. The van der Waals surface area contributed by atoms with E-state index < -0.39 is 0 Å². The van der Waals surface area contributed by atoms with Crippen LogP contribution in [0.25, 0.3) is 0 Å². The predicted molar refractivity (Wildman–Crippen MR) is 87.4 cm³/mol. The van der Waals surface area contributed by atoms with Crippen LogP contribution in [0.5, 0.6) is 0 Å². The van der Waals surface area contributed by atoms with Gasteiger partial charge in [0.05, 0.1) is 0 Å². The van der Waals surface area contributed by atoms with Crippen LogP contribution in [-0.4, -0.2) is 31.1 Å². The lowest BCUT2D eigenvalue weighted by molar-refractivity contribution is -0.122. The van der Waals surface area contributed by atoms with Gasteiger partial charge in [-0.25, -0.2) is 0 Å². The first-order chi connectivity index (χ1) is 9.99. The van der Waals surface area contributed by atoms with Crippen molar-refractivity contribution >= 4 is 11.6 Å². The van der Waals surface area contributed by atoms with E-state index in [0.29, 0.717) is 12.0 Å². The standard InChI is InChI=1S/C17H27N3O/c1-12(2)9-19-17(21)14(4)20-11-13(3)18-10-15-7-5-6-8-16(15)20/h5-8,12-14,18H,9-11H2,1-4H3,(H,19,21). The van der Waals surface area contributed by atoms with Crippen LogP contribution in [0, 0.1) is 5.92 Å². The number of carbonyl (C=O) groups is 1. The van der Waals surface area contributed by atoms with Crippen molar-refractivity contribution in [2.24, 2.45) is 5.92 Å². The van der Waals surface area contributed by atoms with Gasteiger partial charge >= 0.3 is 0 Å². The number of amides is 1. The zero-order valence-corrected chi connectivity index (χ0v) is 13.5. The highest BCUT2D eigenvalue weighted by atomic mass is 16.2. The summed E-state index contributed by atoms with van der Waals surface area (Å²) in [7, 11) is 0. The zero-order valence-electron chi connectivity index (χ0n) is 13.5. The third-order valence-electron chi connectivity index (χ3n) is 3.94. The summed E-state index contributed by atoms with van der Waals surface area (Å²) in [5.74, 6) is 0.575. The number of nitrogens with zero attached hydrogens (tertiary/aromatic N) is 1. The topological polar surface area (TPSA) is 44.4 Å². The summed E-state index contributed by atoms with van der Waals surface area (Å²) in [6.45, 7) is 10.8. The molecule has 4 heteroatoms. The molecule has 0 aliphatic carbocycles. The van der Waals surface area contributed by atoms with E-state index in [2.05, 4.69) is 54.5 Å². The minimum atomic E-state index is -0.160. The monoisotopic (exact) mass is 289 g/mol. The zero-order chi connectivity index (χ0) is 15.4. The number of rotatable bonds is 4. The van der Waals surface area contributed by atoms with Gasteiger partial charge in [-0.2, -0.15) is 0 Å². The van der Waals surface area contributed by atoms with E-state index in [4.69, 9.17) is 0 Å². The van der Waals surface area contributed by atoms with Gasteiger partial charge in [-0.3, -0.25) is 4.79 Å². The summed E-state index contributed by atoms with van der Waals surface area (Å²) in [6.07, 6.45) is 0. The first-order valence-electron chi connectivity index (χ1n) is 7.84. The molecule has 1 heterocycles. The molecular weight excluding hydrogens is 262 g/mol. The highest BCUT2D eigenvalue weighted by Gasteiger charge is 2.26. The Kier molecular flexibility index (Phi) is 5.23. The maximum atomic E-state index is 12.4. The van der Waals surface area contributed by atoms with Crippen molar-refractivity contribution in [3.63, 3.8) is 0 Å². The van der Waals surface area contributed by atoms with Gasteiger partial charge in [0.1, 0.15) is 6.04 Å². The number of anilines is 1. The van der Waals surface area contributed by atoms with Crippen molar-refractivity contribution < 1.29 is 4.79 Å². The minimum Gasteiger partial charge on any atom is -0.358 e. The van der Waals surface area contributed by atoms with Gasteiger partial charge < -0.3 is 15.5 Å². The van der Waals surface area contributed by atoms with Gasteiger partial charge in [0.15, 0.2) is 0 Å². The molecule has 0 radical (unpaired) electrons. The molecule has 0 saturated carbocycles. The Balaban J connectivity index is 2.18. The Hall–Kier alpha value is -1.55. The average molecular weight is 289 g/mol. The van der Waals surface area contributed by atoms with Gasteiger partial charge in [-0.15, -0.1) is 0 Å². The highest BCUT2D eigenvalue weighted by molar-refractivity contribution is 5.85. The summed E-state index contributed by atoms with van der Waals surface area (Å²) in [4.78, 5) is 14.6. The molecule has 2 unspecified atom stereocenters. The molecule has 1 aromatic rings. The SMILES string of the molecule is CC(C)CNC(=O)C(C)N1CC(C)NCc2ccccc21. The Morgan fingerprint density at radius 2 is 2.10 bits per heavy atom. The molecule has 116 valence electrons. The van der Waals surface area contributed by atoms with E-state index >= 15 is 0 Å². The molecule has 0 fully saturated rings. The molecule has 0 aromatic heterocycles. The van der Waals surface area contributed by atoms with Crippen LogP contribution >= 0.6 is 0 Å². The third kappa shape index (κ3) is 3.97. The molecule has 1 aliphatic rings. The average Bonchev–Trinajstić information content (AvgIpc) is 2.63. The summed E-state index contributed by atoms with van der Waals surface area (Å²) in [5, 5.41) is 6.55. The smallest absolute Gasteiger partial charge is 0.242 e. The second-order valence-corrected chi connectivity index (χ2v) is 6.38. The van der Waals surface area contributed by atoms with Crippen LogP contribution in [0.3, 0.4) is 0 Å². The Morgan fingerprint density at radius 1 is 1.38 bits per heavy atom. The van der Waals surface area contributed by atoms with Crippen LogP contribution in [0.2, 0.25) is 0 Å². The van der Waals surface area contributed by atoms with E-state index in [1.165, 1.54) is 11.3 Å². The van der Waals surface area contributed by atoms with E-state index in [9.17, 15) is 4.79 Å². The van der Waals surface area contributed by atoms with Crippen LogP contribution in [0.4, 0.5) is 5.69 Å². The van der Waals surface area contributed by atoms with Crippen LogP contribution in [0.1, 0.15) is 33.3 Å². The Morgan fingerprint density at radius 3 is 2.81 bits per heavy atom. The molecular formula is C17H27N3O. The van der Waals surface area contributed by atoms with Crippen molar-refractivity contribution in [2.45, 2.75) is 46.3 Å². The molecule has 1 aromatic carbocycles. The maximum absolute atomic E-state index is 12.4. The number of para-hydroxylation sites is 1. The first kappa shape index (κ1) is 15.8. The van der Waals surface area contributed by atoms with Crippen molar-refractivity contribution in [3.8, 4) is 0 Å². The van der Waals surface area contributed by atoms with Crippen molar-refractivity contribution in [2.75, 3.05) is 18.0 Å². The molecule has 0 saturated heterocycles. The number of hydrogen-bond donors (Lipinski definition) is 2. The fourth-order valence-corrected chi connectivity index (χ4v) is 2.64. The van der Waals surface area contributed by atoms with Gasteiger partial charge in [0.25, 0.3) is 0 Å². The van der Waals surface area contributed by atoms with E-state index in [1.54, 1.807) is 0 Å². The summed E-state index contributed by atoms with van der Waals surface area (Å²) in [5.41, 5.74) is 2.42. The van der Waals surface area contributed by atoms with Crippen LogP contribution < -0.4 is 15.5 Å². The third-order valence-corrected chi connectivity index (χ3v) is 3.94. The highest BCUT2D eigenvalue weighted by Crippen LogP contribution is 2.25. The number of fused-ring (bicyclic) bond motifs is 1. The van der Waals surface area contributed by atoms with E-state index in [0.717, 1.165) is 19.6 Å². The Bertz CT molecular complexity index is 487.